The first kappa shape index (κ1) is 18.1. The quantitative estimate of drug-likeness (QED) is 0.635. The lowest BCUT2D eigenvalue weighted by Crippen LogP contribution is -2.33. The number of ketones is 1. The zero-order valence-electron chi connectivity index (χ0n) is 12.5. The molecule has 5 nitrogen and oxygen atoms in total. The number of ether oxygens (including phenoxy) is 1. The molecule has 0 aromatic heterocycles. The first-order chi connectivity index (χ1) is 8.74. The molecule has 0 aliphatic rings. The molecule has 0 unspecified atom stereocenters. The minimum Gasteiger partial charge on any atom is -0.481 e. The normalized spacial score (nSPS) is 13.3. The fraction of sp³-hybridized carbons (Fsp3) is 0.857. The van der Waals surface area contributed by atoms with Crippen molar-refractivity contribution in [3.8, 4) is 0 Å². The molecule has 0 aromatic rings. The van der Waals surface area contributed by atoms with Crippen molar-refractivity contribution in [1.29, 1.82) is 0 Å². The number of Topliss-reactive ketones (excluding diaryl/α,β-unsaturated/α-hetero) is 1. The summed E-state index contributed by atoms with van der Waals surface area (Å²) in [5.74, 6) is -0.797. The number of nitrogens with one attached hydrogen (secondary N) is 1. The number of hydrogen-bond donors (Lipinski definition) is 2. The second-order valence-corrected chi connectivity index (χ2v) is 6.05. The van der Waals surface area contributed by atoms with Gasteiger partial charge in [-0.2, -0.15) is 0 Å². The molecule has 19 heavy (non-hydrogen) atoms. The van der Waals surface area contributed by atoms with Crippen LogP contribution in [0.1, 0.15) is 46.5 Å². The van der Waals surface area contributed by atoms with E-state index >= 15 is 0 Å². The van der Waals surface area contributed by atoms with Gasteiger partial charge in [0.1, 0.15) is 6.61 Å². The highest BCUT2D eigenvalue weighted by atomic mass is 16.5. The number of carboxylic acid groups (broad SMARTS) is 1. The molecule has 1 atom stereocenters. The standard InChI is InChI=1S/C14H27NO4/c1-14(2,3)7-5-6-12(16)10-19-9-11(15-4)8-13(17)18/h11,15H,5-10H2,1-4H3,(H,17,18)/t11-/m1/s1. The maximum Gasteiger partial charge on any atom is 0.305 e. The highest BCUT2D eigenvalue weighted by Crippen LogP contribution is 2.21. The van der Waals surface area contributed by atoms with E-state index in [1.165, 1.54) is 0 Å². The van der Waals surface area contributed by atoms with Crippen LogP contribution in [-0.4, -0.2) is 43.2 Å². The average molecular weight is 273 g/mol. The van der Waals surface area contributed by atoms with Gasteiger partial charge in [0.15, 0.2) is 5.78 Å². The van der Waals surface area contributed by atoms with Crippen LogP contribution in [0.15, 0.2) is 0 Å². The van der Waals surface area contributed by atoms with Gasteiger partial charge in [-0.25, -0.2) is 0 Å². The van der Waals surface area contributed by atoms with Gasteiger partial charge in [-0.05, 0) is 25.3 Å². The summed E-state index contributed by atoms with van der Waals surface area (Å²) in [6.07, 6.45) is 2.41. The third-order valence-corrected chi connectivity index (χ3v) is 2.79. The number of carbonyl (C=O) groups is 2. The molecule has 5 heteroatoms. The molecule has 0 heterocycles. The fourth-order valence-electron chi connectivity index (χ4n) is 1.66. The van der Waals surface area contributed by atoms with Crippen molar-refractivity contribution >= 4 is 11.8 Å². The second-order valence-electron chi connectivity index (χ2n) is 6.05. The predicted octanol–water partition coefficient (Wildman–Crippen LogP) is 1.85. The Morgan fingerprint density at radius 2 is 1.95 bits per heavy atom. The number of carboxylic acids is 1. The van der Waals surface area contributed by atoms with Crippen molar-refractivity contribution < 1.29 is 19.4 Å². The van der Waals surface area contributed by atoms with E-state index in [1.54, 1.807) is 7.05 Å². The second kappa shape index (κ2) is 9.04. The monoisotopic (exact) mass is 273 g/mol. The van der Waals surface area contributed by atoms with E-state index in [-0.39, 0.29) is 36.9 Å². The lowest BCUT2D eigenvalue weighted by atomic mass is 9.89. The van der Waals surface area contributed by atoms with Gasteiger partial charge in [0, 0.05) is 12.5 Å². The predicted molar refractivity (Wildman–Crippen MR) is 74.2 cm³/mol. The molecule has 0 aliphatic carbocycles. The molecule has 0 rings (SSSR count). The average Bonchev–Trinajstić information content (AvgIpc) is 2.25. The van der Waals surface area contributed by atoms with Gasteiger partial charge in [0.2, 0.25) is 0 Å². The summed E-state index contributed by atoms with van der Waals surface area (Å²) in [6.45, 7) is 6.77. The van der Waals surface area contributed by atoms with E-state index in [0.29, 0.717) is 6.42 Å². The third-order valence-electron chi connectivity index (χ3n) is 2.79. The summed E-state index contributed by atoms with van der Waals surface area (Å²) in [6, 6.07) is -0.250. The maximum atomic E-state index is 11.6. The molecule has 0 amide bonds. The molecule has 2 N–H and O–H groups in total. The molecule has 0 aliphatic heterocycles. The molecule has 0 saturated heterocycles. The van der Waals surface area contributed by atoms with Crippen molar-refractivity contribution in [2.45, 2.75) is 52.5 Å². The van der Waals surface area contributed by atoms with Crippen LogP contribution >= 0.6 is 0 Å². The van der Waals surface area contributed by atoms with Crippen LogP contribution in [0.3, 0.4) is 0 Å². The van der Waals surface area contributed by atoms with Crippen LogP contribution in [0.2, 0.25) is 0 Å². The van der Waals surface area contributed by atoms with E-state index in [2.05, 4.69) is 26.1 Å². The highest BCUT2D eigenvalue weighted by Gasteiger charge is 2.13. The Morgan fingerprint density at radius 1 is 1.32 bits per heavy atom. The molecular formula is C14H27NO4. The Hall–Kier alpha value is -0.940. The molecule has 0 aromatic carbocycles. The number of hydrogen-bond acceptors (Lipinski definition) is 4. The van der Waals surface area contributed by atoms with Gasteiger partial charge in [-0.1, -0.05) is 20.8 Å². The van der Waals surface area contributed by atoms with Crippen LogP contribution in [0.4, 0.5) is 0 Å². The molecule has 0 radical (unpaired) electrons. The summed E-state index contributed by atoms with van der Waals surface area (Å²) < 4.78 is 5.26. The van der Waals surface area contributed by atoms with Crippen molar-refractivity contribution in [2.75, 3.05) is 20.3 Å². The minimum absolute atomic E-state index is 0.00524. The summed E-state index contributed by atoms with van der Waals surface area (Å²) in [5.41, 5.74) is 0.250. The maximum absolute atomic E-state index is 11.6. The van der Waals surface area contributed by atoms with E-state index in [0.717, 1.165) is 12.8 Å². The topological polar surface area (TPSA) is 75.6 Å². The number of carbonyl (C=O) groups excluding carboxylic acids is 1. The van der Waals surface area contributed by atoms with Crippen LogP contribution in [0.25, 0.3) is 0 Å². The van der Waals surface area contributed by atoms with E-state index in [9.17, 15) is 9.59 Å². The lowest BCUT2D eigenvalue weighted by molar-refractivity contribution is -0.138. The molecule has 112 valence electrons. The zero-order chi connectivity index (χ0) is 14.9. The molecule has 0 fully saturated rings. The van der Waals surface area contributed by atoms with Crippen molar-refractivity contribution in [3.63, 3.8) is 0 Å². The van der Waals surface area contributed by atoms with Crippen molar-refractivity contribution in [1.82, 2.24) is 5.32 Å². The summed E-state index contributed by atoms with van der Waals surface area (Å²) in [5, 5.41) is 11.5. The van der Waals surface area contributed by atoms with Gasteiger partial charge in [0.05, 0.1) is 13.0 Å². The first-order valence-electron chi connectivity index (χ1n) is 6.73. The van der Waals surface area contributed by atoms with E-state index in [1.807, 2.05) is 0 Å². The Kier molecular flexibility index (Phi) is 8.59. The summed E-state index contributed by atoms with van der Waals surface area (Å²) in [4.78, 5) is 22.1. The number of aliphatic carboxylic acids is 1. The molecule has 0 spiro atoms. The van der Waals surface area contributed by atoms with E-state index in [4.69, 9.17) is 9.84 Å². The highest BCUT2D eigenvalue weighted by molar-refractivity contribution is 5.79. The summed E-state index contributed by atoms with van der Waals surface area (Å²) >= 11 is 0. The number of rotatable bonds is 10. The largest absolute Gasteiger partial charge is 0.481 e. The van der Waals surface area contributed by atoms with Crippen LogP contribution in [0, 0.1) is 5.41 Å². The van der Waals surface area contributed by atoms with Gasteiger partial charge < -0.3 is 15.2 Å². The van der Waals surface area contributed by atoms with Gasteiger partial charge in [0.25, 0.3) is 0 Å². The Bertz CT molecular complexity index is 284. The Labute approximate surface area is 115 Å². The number of likely N-dealkylation sites (N-methyl/N-ethyl adjacent to an activating group) is 1. The van der Waals surface area contributed by atoms with E-state index < -0.39 is 5.97 Å². The van der Waals surface area contributed by atoms with Crippen molar-refractivity contribution in [3.05, 3.63) is 0 Å². The van der Waals surface area contributed by atoms with Gasteiger partial charge in [-0.15, -0.1) is 0 Å². The van der Waals surface area contributed by atoms with Gasteiger partial charge in [-0.3, -0.25) is 9.59 Å². The Morgan fingerprint density at radius 3 is 2.42 bits per heavy atom. The molecular weight excluding hydrogens is 246 g/mol. The van der Waals surface area contributed by atoms with Gasteiger partial charge >= 0.3 is 5.97 Å². The SMILES string of the molecule is CN[C@@H](COCC(=O)CCCC(C)(C)C)CC(=O)O. The fourth-order valence-corrected chi connectivity index (χ4v) is 1.66. The molecule has 0 saturated carbocycles. The third kappa shape index (κ3) is 11.9. The smallest absolute Gasteiger partial charge is 0.305 e. The Balaban J connectivity index is 3.70. The lowest BCUT2D eigenvalue weighted by Gasteiger charge is -2.17. The van der Waals surface area contributed by atoms with Crippen molar-refractivity contribution in [2.24, 2.45) is 5.41 Å². The van der Waals surface area contributed by atoms with Crippen LogP contribution in [0.5, 0.6) is 0 Å². The molecule has 0 bridgehead atoms. The first-order valence-corrected chi connectivity index (χ1v) is 6.73. The zero-order valence-corrected chi connectivity index (χ0v) is 12.5. The van der Waals surface area contributed by atoms with Crippen LogP contribution in [-0.2, 0) is 14.3 Å². The minimum atomic E-state index is -0.876. The van der Waals surface area contributed by atoms with Crippen LogP contribution < -0.4 is 5.32 Å². The summed E-state index contributed by atoms with van der Waals surface area (Å²) in [7, 11) is 1.68.